The van der Waals surface area contributed by atoms with Crippen LogP contribution in [0.2, 0.25) is 0 Å². The number of ether oxygens (including phenoxy) is 4. The van der Waals surface area contributed by atoms with Gasteiger partial charge in [-0.25, -0.2) is 9.59 Å². The molecule has 272 valence electrons. The molecule has 5 atom stereocenters. The molecule has 2 heterocycles. The first kappa shape index (κ1) is 36.2. The average molecular weight is 725 g/mol. The van der Waals surface area contributed by atoms with Crippen LogP contribution in [0.15, 0.2) is 112 Å². The summed E-state index contributed by atoms with van der Waals surface area (Å²) in [5, 5.41) is 61.6. The van der Waals surface area contributed by atoms with Gasteiger partial charge in [-0.3, -0.25) is 4.79 Å². The van der Waals surface area contributed by atoms with Gasteiger partial charge in [-0.2, -0.15) is 0 Å². The maximum Gasteiger partial charge on any atom is 0.331 e. The minimum atomic E-state index is -1.84. The summed E-state index contributed by atoms with van der Waals surface area (Å²) in [5.74, 6) is -2.31. The molecule has 14 heteroatoms. The molecule has 0 amide bonds. The van der Waals surface area contributed by atoms with E-state index in [9.17, 15) is 45.0 Å². The Morgan fingerprint density at radius 3 is 1.89 bits per heavy atom. The highest BCUT2D eigenvalue weighted by atomic mass is 16.7. The number of hydrogen-bond donors (Lipinski definition) is 6. The van der Waals surface area contributed by atoms with Crippen molar-refractivity contribution in [2.45, 2.75) is 30.7 Å². The first-order chi connectivity index (χ1) is 25.4. The summed E-state index contributed by atoms with van der Waals surface area (Å²) in [6, 6.07) is 21.2. The molecule has 1 aliphatic heterocycles. The molecule has 0 aliphatic carbocycles. The molecule has 1 aromatic heterocycles. The van der Waals surface area contributed by atoms with Crippen molar-refractivity contribution >= 4 is 35.1 Å². The van der Waals surface area contributed by atoms with Crippen LogP contribution in [0.1, 0.15) is 11.1 Å². The summed E-state index contributed by atoms with van der Waals surface area (Å²) in [4.78, 5) is 38.3. The number of carbonyl (C=O) groups excluding carboxylic acids is 2. The van der Waals surface area contributed by atoms with Crippen LogP contribution in [0.3, 0.4) is 0 Å². The first-order valence-corrected chi connectivity index (χ1v) is 16.0. The van der Waals surface area contributed by atoms with E-state index in [0.29, 0.717) is 16.7 Å². The van der Waals surface area contributed by atoms with Gasteiger partial charge in [0.1, 0.15) is 64.3 Å². The summed E-state index contributed by atoms with van der Waals surface area (Å²) >= 11 is 0. The van der Waals surface area contributed by atoms with Gasteiger partial charge in [0.2, 0.25) is 6.29 Å². The minimum Gasteiger partial charge on any atom is -0.508 e. The number of carbonyl (C=O) groups is 2. The normalized spacial score (nSPS) is 20.1. The highest BCUT2D eigenvalue weighted by molar-refractivity contribution is 5.88. The molecule has 0 bridgehead atoms. The maximum absolute atomic E-state index is 12.9. The Kier molecular flexibility index (Phi) is 10.7. The molecule has 1 saturated heterocycles. The average Bonchev–Trinajstić information content (AvgIpc) is 3.13. The second kappa shape index (κ2) is 15.7. The molecule has 14 nitrogen and oxygen atoms in total. The Labute approximate surface area is 300 Å². The van der Waals surface area contributed by atoms with Crippen LogP contribution >= 0.6 is 0 Å². The molecule has 53 heavy (non-hydrogen) atoms. The van der Waals surface area contributed by atoms with Gasteiger partial charge in [-0.05, 0) is 71.8 Å². The van der Waals surface area contributed by atoms with Gasteiger partial charge < -0.3 is 54.0 Å². The van der Waals surface area contributed by atoms with E-state index in [1.807, 2.05) is 0 Å². The number of hydrogen-bond acceptors (Lipinski definition) is 14. The first-order valence-electron chi connectivity index (χ1n) is 16.0. The maximum atomic E-state index is 12.9. The molecule has 0 radical (unpaired) electrons. The van der Waals surface area contributed by atoms with Gasteiger partial charge >= 0.3 is 11.9 Å². The Morgan fingerprint density at radius 1 is 0.717 bits per heavy atom. The van der Waals surface area contributed by atoms with E-state index in [4.69, 9.17) is 23.4 Å². The predicted octanol–water partition coefficient (Wildman–Crippen LogP) is 3.99. The van der Waals surface area contributed by atoms with Gasteiger partial charge in [0, 0.05) is 35.9 Å². The minimum absolute atomic E-state index is 0.00246. The Morgan fingerprint density at radius 2 is 1.28 bits per heavy atom. The molecule has 0 saturated carbocycles. The van der Waals surface area contributed by atoms with Crippen LogP contribution in [0, 0.1) is 0 Å². The van der Waals surface area contributed by atoms with E-state index in [0.717, 1.165) is 18.2 Å². The van der Waals surface area contributed by atoms with Crippen LogP contribution in [0.5, 0.6) is 28.7 Å². The second-order valence-corrected chi connectivity index (χ2v) is 11.9. The fourth-order valence-electron chi connectivity index (χ4n) is 5.38. The molecule has 1 fully saturated rings. The van der Waals surface area contributed by atoms with Crippen LogP contribution < -0.4 is 10.2 Å². The number of esters is 2. The SMILES string of the molecule is O=C(C=Cc1ccc(O)cc1)OC[C@@H]1O[C@H](Oc2cc(O)c3c(=O)cc(-c4ccc(O)cc4)oc3c2)[C@@H](O)[C@H](OC(=O)C=Cc2ccc(O)cc2)[C@H]1O. The monoisotopic (exact) mass is 724 g/mol. The summed E-state index contributed by atoms with van der Waals surface area (Å²) in [6.45, 7) is -0.586. The smallest absolute Gasteiger partial charge is 0.331 e. The van der Waals surface area contributed by atoms with Crippen LogP contribution in [-0.4, -0.2) is 79.9 Å². The summed E-state index contributed by atoms with van der Waals surface area (Å²) in [6.07, 6.45) is -3.42. The Hall–Kier alpha value is -6.61. The Bertz CT molecular complexity index is 2210. The van der Waals surface area contributed by atoms with Gasteiger partial charge in [0.15, 0.2) is 17.6 Å². The third kappa shape index (κ3) is 8.83. The molecule has 0 unspecified atom stereocenters. The molecule has 6 N–H and O–H groups in total. The van der Waals surface area contributed by atoms with Crippen molar-refractivity contribution in [2.24, 2.45) is 0 Å². The number of phenolic OH excluding ortho intramolecular Hbond substituents is 4. The lowest BCUT2D eigenvalue weighted by atomic mass is 9.99. The van der Waals surface area contributed by atoms with Crippen molar-refractivity contribution in [1.29, 1.82) is 0 Å². The van der Waals surface area contributed by atoms with Crippen molar-refractivity contribution in [3.8, 4) is 40.1 Å². The van der Waals surface area contributed by atoms with E-state index < -0.39 is 60.4 Å². The van der Waals surface area contributed by atoms with Gasteiger partial charge in [0.25, 0.3) is 0 Å². The predicted molar refractivity (Wildman–Crippen MR) is 188 cm³/mol. The standard InChI is InChI=1S/C39H32O14/c40-24-9-1-21(2-10-24)5-15-33(45)49-20-32-36(47)38(53-34(46)16-6-22-3-11-25(41)12-4-22)37(48)39(52-32)50-27-17-28(43)35-29(44)19-30(51-31(35)18-27)23-7-13-26(42)14-8-23/h1-19,32,36-43,47-48H,20H2/t32-,36-,37-,38+,39-/m0/s1. The lowest BCUT2D eigenvalue weighted by Gasteiger charge is -2.41. The highest BCUT2D eigenvalue weighted by Crippen LogP contribution is 2.34. The van der Waals surface area contributed by atoms with E-state index in [1.165, 1.54) is 84.9 Å². The van der Waals surface area contributed by atoms with Crippen LogP contribution in [0.4, 0.5) is 0 Å². The number of benzene rings is 4. The largest absolute Gasteiger partial charge is 0.508 e. The third-order valence-corrected chi connectivity index (χ3v) is 8.08. The van der Waals surface area contributed by atoms with E-state index in [-0.39, 0.29) is 39.7 Å². The second-order valence-electron chi connectivity index (χ2n) is 11.9. The van der Waals surface area contributed by atoms with Crippen molar-refractivity contribution in [3.63, 3.8) is 0 Å². The summed E-state index contributed by atoms with van der Waals surface area (Å²) in [7, 11) is 0. The van der Waals surface area contributed by atoms with Gasteiger partial charge in [-0.15, -0.1) is 0 Å². The van der Waals surface area contributed by atoms with E-state index in [2.05, 4.69) is 0 Å². The lowest BCUT2D eigenvalue weighted by molar-refractivity contribution is -0.281. The van der Waals surface area contributed by atoms with E-state index >= 15 is 0 Å². The molecule has 0 spiro atoms. The van der Waals surface area contributed by atoms with Gasteiger partial charge in [-0.1, -0.05) is 24.3 Å². The summed E-state index contributed by atoms with van der Waals surface area (Å²) in [5.41, 5.74) is 0.892. The number of rotatable bonds is 10. The third-order valence-electron chi connectivity index (χ3n) is 8.08. The van der Waals surface area contributed by atoms with Crippen molar-refractivity contribution in [1.82, 2.24) is 0 Å². The van der Waals surface area contributed by atoms with Crippen LogP contribution in [-0.2, 0) is 23.8 Å². The summed E-state index contributed by atoms with van der Waals surface area (Å²) < 4.78 is 28.2. The fraction of sp³-hybridized carbons (Fsp3) is 0.154. The number of fused-ring (bicyclic) bond motifs is 1. The van der Waals surface area contributed by atoms with Crippen molar-refractivity contribution in [2.75, 3.05) is 6.61 Å². The van der Waals surface area contributed by atoms with E-state index in [1.54, 1.807) is 12.1 Å². The molecular formula is C39H32O14. The Balaban J connectivity index is 1.24. The highest BCUT2D eigenvalue weighted by Gasteiger charge is 2.48. The van der Waals surface area contributed by atoms with Crippen molar-refractivity contribution in [3.05, 3.63) is 124 Å². The topological polar surface area (TPSA) is 223 Å². The van der Waals surface area contributed by atoms with Crippen molar-refractivity contribution < 1.29 is 63.6 Å². The molecule has 1 aliphatic rings. The zero-order valence-corrected chi connectivity index (χ0v) is 27.5. The molecule has 4 aromatic carbocycles. The quantitative estimate of drug-likeness (QED) is 0.0886. The molecular weight excluding hydrogens is 692 g/mol. The molecule has 5 aromatic rings. The zero-order valence-electron chi connectivity index (χ0n) is 27.5. The number of phenols is 4. The number of aromatic hydroxyl groups is 4. The number of aliphatic hydroxyl groups is 2. The van der Waals surface area contributed by atoms with Gasteiger partial charge in [0.05, 0.1) is 0 Å². The number of aliphatic hydroxyl groups excluding tert-OH is 2. The fourth-order valence-corrected chi connectivity index (χ4v) is 5.38. The van der Waals surface area contributed by atoms with Crippen LogP contribution in [0.25, 0.3) is 34.4 Å². The molecule has 6 rings (SSSR count). The lowest BCUT2D eigenvalue weighted by Crippen LogP contribution is -2.61. The zero-order chi connectivity index (χ0) is 37.6.